The second kappa shape index (κ2) is 4.31. The van der Waals surface area contributed by atoms with Gasteiger partial charge in [-0.1, -0.05) is 15.9 Å². The maximum Gasteiger partial charge on any atom is 0.357 e. The van der Waals surface area contributed by atoms with Crippen LogP contribution in [0.1, 0.15) is 31.3 Å². The Morgan fingerprint density at radius 2 is 2.06 bits per heavy atom. The zero-order valence-electron chi connectivity index (χ0n) is 10.5. The summed E-state index contributed by atoms with van der Waals surface area (Å²) in [5.41, 5.74) is 6.97. The first-order valence-corrected chi connectivity index (χ1v) is 6.37. The highest BCUT2D eigenvalue weighted by molar-refractivity contribution is 9.10. The molecule has 0 spiro atoms. The summed E-state index contributed by atoms with van der Waals surface area (Å²) in [6, 6.07) is 5.62. The highest BCUT2D eigenvalue weighted by Gasteiger charge is 2.22. The standard InChI is InChI=1S/C13H15BrN2O2/c1-13(2,3)18-12(17)11-10(15)8-6-7(14)4-5-9(8)16-11/h4-6,16H,15H2,1-3H3. The molecule has 0 radical (unpaired) electrons. The number of aromatic amines is 1. The fourth-order valence-corrected chi connectivity index (χ4v) is 2.04. The van der Waals surface area contributed by atoms with E-state index in [1.807, 2.05) is 39.0 Å². The lowest BCUT2D eigenvalue weighted by molar-refractivity contribution is 0.00652. The summed E-state index contributed by atoms with van der Waals surface area (Å²) in [6.07, 6.45) is 0. The highest BCUT2D eigenvalue weighted by atomic mass is 79.9. The van der Waals surface area contributed by atoms with Crippen molar-refractivity contribution in [3.63, 3.8) is 0 Å². The maximum atomic E-state index is 12.0. The van der Waals surface area contributed by atoms with Crippen LogP contribution in [0.3, 0.4) is 0 Å². The molecule has 1 aromatic heterocycles. The second-order valence-corrected chi connectivity index (χ2v) is 6.02. The van der Waals surface area contributed by atoms with Gasteiger partial charge in [-0.3, -0.25) is 0 Å². The molecule has 5 heteroatoms. The van der Waals surface area contributed by atoms with E-state index in [-0.39, 0.29) is 0 Å². The molecular formula is C13H15BrN2O2. The minimum absolute atomic E-state index is 0.304. The Balaban J connectivity index is 2.46. The Morgan fingerprint density at radius 3 is 2.67 bits per heavy atom. The van der Waals surface area contributed by atoms with Crippen molar-refractivity contribution >= 4 is 38.5 Å². The molecule has 0 atom stereocenters. The summed E-state index contributed by atoms with van der Waals surface area (Å²) in [5.74, 6) is -0.438. The van der Waals surface area contributed by atoms with Gasteiger partial charge in [0, 0.05) is 15.4 Å². The molecule has 0 bridgehead atoms. The Morgan fingerprint density at radius 1 is 1.39 bits per heavy atom. The number of hydrogen-bond donors (Lipinski definition) is 2. The van der Waals surface area contributed by atoms with E-state index in [9.17, 15) is 4.79 Å². The number of esters is 1. The minimum atomic E-state index is -0.540. The molecule has 96 valence electrons. The van der Waals surface area contributed by atoms with Gasteiger partial charge in [-0.2, -0.15) is 0 Å². The van der Waals surface area contributed by atoms with Crippen molar-refractivity contribution < 1.29 is 9.53 Å². The molecule has 3 N–H and O–H groups in total. The maximum absolute atomic E-state index is 12.0. The fourth-order valence-electron chi connectivity index (χ4n) is 1.68. The molecule has 0 saturated carbocycles. The normalized spacial score (nSPS) is 11.8. The van der Waals surface area contributed by atoms with E-state index >= 15 is 0 Å². The van der Waals surface area contributed by atoms with Crippen LogP contribution >= 0.6 is 15.9 Å². The van der Waals surface area contributed by atoms with Crippen molar-refractivity contribution in [2.45, 2.75) is 26.4 Å². The largest absolute Gasteiger partial charge is 0.455 e. The topological polar surface area (TPSA) is 68.1 Å². The molecule has 2 rings (SSSR count). The molecule has 4 nitrogen and oxygen atoms in total. The Bertz CT molecular complexity index is 611. The summed E-state index contributed by atoms with van der Waals surface area (Å²) >= 11 is 3.38. The Hall–Kier alpha value is -1.49. The number of aromatic nitrogens is 1. The lowest BCUT2D eigenvalue weighted by Gasteiger charge is -2.19. The summed E-state index contributed by atoms with van der Waals surface area (Å²) in [7, 11) is 0. The van der Waals surface area contributed by atoms with Crippen LogP contribution in [0.2, 0.25) is 0 Å². The molecule has 18 heavy (non-hydrogen) atoms. The van der Waals surface area contributed by atoms with Crippen LogP contribution < -0.4 is 5.73 Å². The third kappa shape index (κ3) is 2.51. The van der Waals surface area contributed by atoms with Gasteiger partial charge in [-0.05, 0) is 39.0 Å². The summed E-state index contributed by atoms with van der Waals surface area (Å²) in [6.45, 7) is 5.46. The number of nitrogens with two attached hydrogens (primary N) is 1. The van der Waals surface area contributed by atoms with E-state index in [2.05, 4.69) is 20.9 Å². The number of rotatable bonds is 1. The first-order valence-electron chi connectivity index (χ1n) is 5.58. The lowest BCUT2D eigenvalue weighted by atomic mass is 10.2. The monoisotopic (exact) mass is 310 g/mol. The first kappa shape index (κ1) is 13.0. The van der Waals surface area contributed by atoms with Crippen LogP contribution in [-0.4, -0.2) is 16.6 Å². The molecule has 1 heterocycles. The molecule has 0 aliphatic rings. The van der Waals surface area contributed by atoms with E-state index < -0.39 is 11.6 Å². The van der Waals surface area contributed by atoms with Crippen LogP contribution in [0, 0.1) is 0 Å². The van der Waals surface area contributed by atoms with E-state index in [0.29, 0.717) is 11.4 Å². The molecule has 0 unspecified atom stereocenters. The molecular weight excluding hydrogens is 296 g/mol. The van der Waals surface area contributed by atoms with E-state index in [0.717, 1.165) is 15.4 Å². The molecule has 0 saturated heterocycles. The van der Waals surface area contributed by atoms with Gasteiger partial charge < -0.3 is 15.5 Å². The van der Waals surface area contributed by atoms with Crippen molar-refractivity contribution in [3.8, 4) is 0 Å². The minimum Gasteiger partial charge on any atom is -0.455 e. The van der Waals surface area contributed by atoms with Crippen LogP contribution in [0.25, 0.3) is 10.9 Å². The second-order valence-electron chi connectivity index (χ2n) is 5.11. The van der Waals surface area contributed by atoms with Crippen molar-refractivity contribution in [3.05, 3.63) is 28.4 Å². The first-order chi connectivity index (χ1) is 8.28. The third-order valence-electron chi connectivity index (χ3n) is 2.40. The van der Waals surface area contributed by atoms with Crippen molar-refractivity contribution in [2.75, 3.05) is 5.73 Å². The van der Waals surface area contributed by atoms with Crippen LogP contribution in [0.4, 0.5) is 5.69 Å². The third-order valence-corrected chi connectivity index (χ3v) is 2.90. The number of hydrogen-bond acceptors (Lipinski definition) is 3. The van der Waals surface area contributed by atoms with Crippen LogP contribution in [-0.2, 0) is 4.74 Å². The van der Waals surface area contributed by atoms with Gasteiger partial charge in [0.05, 0.1) is 5.69 Å². The SMILES string of the molecule is CC(C)(C)OC(=O)c1[nH]c2ccc(Br)cc2c1N. The number of fused-ring (bicyclic) bond motifs is 1. The number of ether oxygens (including phenoxy) is 1. The van der Waals surface area contributed by atoms with Crippen molar-refractivity contribution in [1.29, 1.82) is 0 Å². The molecule has 0 amide bonds. The predicted octanol–water partition coefficient (Wildman–Crippen LogP) is 3.47. The Labute approximate surface area is 114 Å². The van der Waals surface area contributed by atoms with Crippen LogP contribution in [0.5, 0.6) is 0 Å². The van der Waals surface area contributed by atoms with Crippen molar-refractivity contribution in [2.24, 2.45) is 0 Å². The summed E-state index contributed by atoms with van der Waals surface area (Å²) in [4.78, 5) is 15.0. The van der Waals surface area contributed by atoms with Gasteiger partial charge in [0.1, 0.15) is 11.3 Å². The van der Waals surface area contributed by atoms with E-state index in [1.165, 1.54) is 0 Å². The van der Waals surface area contributed by atoms with Gasteiger partial charge >= 0.3 is 5.97 Å². The number of nitrogens with one attached hydrogen (secondary N) is 1. The molecule has 0 aliphatic heterocycles. The number of benzene rings is 1. The van der Waals surface area contributed by atoms with Gasteiger partial charge in [-0.25, -0.2) is 4.79 Å². The quantitative estimate of drug-likeness (QED) is 0.792. The summed E-state index contributed by atoms with van der Waals surface area (Å²) in [5, 5.41) is 0.810. The number of carbonyl (C=O) groups excluding carboxylic acids is 1. The molecule has 1 aromatic carbocycles. The van der Waals surface area contributed by atoms with Crippen molar-refractivity contribution in [1.82, 2.24) is 4.98 Å². The molecule has 0 fully saturated rings. The molecule has 2 aromatic rings. The number of carbonyl (C=O) groups is 1. The number of H-pyrrole nitrogens is 1. The lowest BCUT2D eigenvalue weighted by Crippen LogP contribution is -2.24. The Kier molecular flexibility index (Phi) is 3.11. The number of anilines is 1. The number of halogens is 1. The fraction of sp³-hybridized carbons (Fsp3) is 0.308. The van der Waals surface area contributed by atoms with Gasteiger partial charge in [0.25, 0.3) is 0 Å². The number of nitrogen functional groups attached to an aromatic ring is 1. The van der Waals surface area contributed by atoms with Gasteiger partial charge in [-0.15, -0.1) is 0 Å². The molecule has 0 aliphatic carbocycles. The predicted molar refractivity (Wildman–Crippen MR) is 75.6 cm³/mol. The van der Waals surface area contributed by atoms with Gasteiger partial charge in [0.15, 0.2) is 0 Å². The smallest absolute Gasteiger partial charge is 0.357 e. The van der Waals surface area contributed by atoms with E-state index in [4.69, 9.17) is 10.5 Å². The average Bonchev–Trinajstić information content (AvgIpc) is 2.54. The zero-order valence-corrected chi connectivity index (χ0v) is 12.1. The van der Waals surface area contributed by atoms with Crippen LogP contribution in [0.15, 0.2) is 22.7 Å². The highest BCUT2D eigenvalue weighted by Crippen LogP contribution is 2.28. The average molecular weight is 311 g/mol. The van der Waals surface area contributed by atoms with E-state index in [1.54, 1.807) is 0 Å². The van der Waals surface area contributed by atoms with Gasteiger partial charge in [0.2, 0.25) is 0 Å². The summed E-state index contributed by atoms with van der Waals surface area (Å²) < 4.78 is 6.22. The zero-order chi connectivity index (χ0) is 13.5.